The van der Waals surface area contributed by atoms with Gasteiger partial charge in [-0.1, -0.05) is 27.2 Å². The molecule has 0 bridgehead atoms. The molecule has 38 heavy (non-hydrogen) atoms. The number of carbonyl (C=O) groups is 1. The van der Waals surface area contributed by atoms with Crippen LogP contribution in [0.3, 0.4) is 0 Å². The number of nitrogens with one attached hydrogen (secondary N) is 1. The molecule has 11 nitrogen and oxygen atoms in total. The van der Waals surface area contributed by atoms with Crippen LogP contribution < -0.4 is 15.5 Å². The number of morpholine rings is 1. The highest BCUT2D eigenvalue weighted by Gasteiger charge is 2.40. The van der Waals surface area contributed by atoms with Crippen LogP contribution in [-0.4, -0.2) is 70.5 Å². The Morgan fingerprint density at radius 2 is 1.92 bits per heavy atom. The average molecular weight is 524 g/mol. The number of pyridine rings is 1. The molecule has 1 aromatic heterocycles. The topological polar surface area (TPSA) is 152 Å². The SMILES string of the molecule is CCCC(=N)CCN1N=C(C(N)=O)N(c2ccc(N3CCOCC3)nc2)C1c1cc(C(C)C)c(O)cc1O. The van der Waals surface area contributed by atoms with Gasteiger partial charge in [0.25, 0.3) is 5.91 Å². The van der Waals surface area contributed by atoms with E-state index in [4.69, 9.17) is 15.9 Å². The lowest BCUT2D eigenvalue weighted by Gasteiger charge is -2.33. The monoisotopic (exact) mass is 523 g/mol. The van der Waals surface area contributed by atoms with E-state index < -0.39 is 12.1 Å². The molecule has 1 amide bonds. The number of hydrogen-bond donors (Lipinski definition) is 4. The van der Waals surface area contributed by atoms with Crippen LogP contribution in [0.5, 0.6) is 11.5 Å². The van der Waals surface area contributed by atoms with Crippen molar-refractivity contribution < 1.29 is 19.7 Å². The van der Waals surface area contributed by atoms with Crippen molar-refractivity contribution >= 4 is 29.0 Å². The van der Waals surface area contributed by atoms with Crippen molar-refractivity contribution in [1.29, 1.82) is 5.41 Å². The summed E-state index contributed by atoms with van der Waals surface area (Å²) in [5.41, 5.74) is 8.07. The minimum atomic E-state index is -0.735. The van der Waals surface area contributed by atoms with E-state index in [0.29, 0.717) is 55.1 Å². The molecule has 1 atom stereocenters. The van der Waals surface area contributed by atoms with Gasteiger partial charge in [0, 0.05) is 43.4 Å². The third-order valence-electron chi connectivity index (χ3n) is 6.81. The van der Waals surface area contributed by atoms with Gasteiger partial charge in [0.15, 0.2) is 6.17 Å². The van der Waals surface area contributed by atoms with E-state index in [1.165, 1.54) is 6.07 Å². The van der Waals surface area contributed by atoms with Gasteiger partial charge in [-0.2, -0.15) is 5.10 Å². The van der Waals surface area contributed by atoms with E-state index in [1.807, 2.05) is 32.9 Å². The fraction of sp³-hybridized carbons (Fsp3) is 0.481. The Kier molecular flexibility index (Phi) is 8.35. The first-order valence-electron chi connectivity index (χ1n) is 13.1. The van der Waals surface area contributed by atoms with Crippen LogP contribution in [0.15, 0.2) is 35.6 Å². The normalized spacial score (nSPS) is 17.7. The van der Waals surface area contributed by atoms with Gasteiger partial charge in [-0.3, -0.25) is 14.7 Å². The van der Waals surface area contributed by atoms with Crippen molar-refractivity contribution in [1.82, 2.24) is 9.99 Å². The summed E-state index contributed by atoms with van der Waals surface area (Å²) in [7, 11) is 0. The van der Waals surface area contributed by atoms with E-state index in [2.05, 4.69) is 15.0 Å². The van der Waals surface area contributed by atoms with Crippen LogP contribution in [0, 0.1) is 5.41 Å². The van der Waals surface area contributed by atoms with Crippen LogP contribution in [0.4, 0.5) is 11.5 Å². The summed E-state index contributed by atoms with van der Waals surface area (Å²) >= 11 is 0. The van der Waals surface area contributed by atoms with Gasteiger partial charge in [-0.05, 0) is 36.1 Å². The molecule has 0 spiro atoms. The van der Waals surface area contributed by atoms with Crippen molar-refractivity contribution in [2.24, 2.45) is 10.8 Å². The second-order valence-corrected chi connectivity index (χ2v) is 9.90. The van der Waals surface area contributed by atoms with E-state index >= 15 is 0 Å². The lowest BCUT2D eigenvalue weighted by atomic mass is 9.97. The smallest absolute Gasteiger partial charge is 0.286 e. The number of amides is 1. The summed E-state index contributed by atoms with van der Waals surface area (Å²) in [6.07, 6.45) is 2.91. The summed E-state index contributed by atoms with van der Waals surface area (Å²) < 4.78 is 5.44. The highest BCUT2D eigenvalue weighted by Crippen LogP contribution is 2.42. The van der Waals surface area contributed by atoms with Gasteiger partial charge in [-0.15, -0.1) is 0 Å². The van der Waals surface area contributed by atoms with Gasteiger partial charge in [0.05, 0.1) is 25.1 Å². The molecule has 1 saturated heterocycles. The molecule has 1 aromatic carbocycles. The molecular formula is C27H37N7O4. The number of hydrazone groups is 1. The van der Waals surface area contributed by atoms with Gasteiger partial charge in [-0.25, -0.2) is 4.98 Å². The first kappa shape index (κ1) is 27.2. The summed E-state index contributed by atoms with van der Waals surface area (Å²) in [5, 5.41) is 36.0. The standard InChI is InChI=1S/C27H37N7O4/c1-4-5-18(28)8-9-33-27(21-14-20(17(2)3)22(35)15-23(21)36)34(26(31-33)25(29)37)19-6-7-24(30-16-19)32-10-12-38-13-11-32/h6-7,14-17,27-28,35-36H,4-5,8-13H2,1-3H3,(H2,29,37). The van der Waals surface area contributed by atoms with Gasteiger partial charge in [0.2, 0.25) is 5.84 Å². The number of nitrogens with two attached hydrogens (primary N) is 1. The lowest BCUT2D eigenvalue weighted by Crippen LogP contribution is -2.41. The second kappa shape index (κ2) is 11.7. The molecule has 1 unspecified atom stereocenters. The molecule has 0 aliphatic carbocycles. The Hall–Kier alpha value is -3.86. The first-order chi connectivity index (χ1) is 18.2. The van der Waals surface area contributed by atoms with Crippen molar-refractivity contribution in [3.63, 3.8) is 0 Å². The van der Waals surface area contributed by atoms with Gasteiger partial charge < -0.3 is 31.0 Å². The van der Waals surface area contributed by atoms with Gasteiger partial charge >= 0.3 is 0 Å². The summed E-state index contributed by atoms with van der Waals surface area (Å²) in [5.74, 6) is -0.0626. The van der Waals surface area contributed by atoms with E-state index in [0.717, 1.165) is 25.3 Å². The molecule has 0 radical (unpaired) electrons. The molecule has 3 heterocycles. The van der Waals surface area contributed by atoms with E-state index in [9.17, 15) is 15.0 Å². The number of rotatable bonds is 10. The number of primary amides is 1. The molecule has 4 rings (SSSR count). The Morgan fingerprint density at radius 1 is 1.18 bits per heavy atom. The zero-order valence-corrected chi connectivity index (χ0v) is 22.2. The minimum Gasteiger partial charge on any atom is -0.508 e. The molecule has 204 valence electrons. The number of aromatic hydroxyl groups is 2. The van der Waals surface area contributed by atoms with E-state index in [1.54, 1.807) is 22.2 Å². The van der Waals surface area contributed by atoms with Gasteiger partial charge in [0.1, 0.15) is 17.3 Å². The zero-order valence-electron chi connectivity index (χ0n) is 22.2. The number of benzene rings is 1. The number of amidine groups is 1. The maximum absolute atomic E-state index is 12.6. The Labute approximate surface area is 223 Å². The molecule has 1 fully saturated rings. The molecule has 5 N–H and O–H groups in total. The number of phenols is 2. The third-order valence-corrected chi connectivity index (χ3v) is 6.81. The van der Waals surface area contributed by atoms with Crippen LogP contribution >= 0.6 is 0 Å². The maximum atomic E-state index is 12.6. The predicted octanol–water partition coefficient (Wildman–Crippen LogP) is 3.28. The number of carbonyl (C=O) groups excluding carboxylic acids is 1. The van der Waals surface area contributed by atoms with Crippen molar-refractivity contribution in [2.75, 3.05) is 42.6 Å². The third kappa shape index (κ3) is 5.67. The summed E-state index contributed by atoms with van der Waals surface area (Å²) in [6.45, 7) is 9.01. The second-order valence-electron chi connectivity index (χ2n) is 9.90. The van der Waals surface area contributed by atoms with Crippen molar-refractivity contribution in [3.8, 4) is 11.5 Å². The highest BCUT2D eigenvalue weighted by atomic mass is 16.5. The number of ether oxygens (including phenoxy) is 1. The van der Waals surface area contributed by atoms with Crippen LogP contribution in [0.2, 0.25) is 0 Å². The summed E-state index contributed by atoms with van der Waals surface area (Å²) in [4.78, 5) is 21.0. The maximum Gasteiger partial charge on any atom is 0.286 e. The van der Waals surface area contributed by atoms with Crippen LogP contribution in [-0.2, 0) is 9.53 Å². The number of anilines is 2. The Morgan fingerprint density at radius 3 is 2.53 bits per heavy atom. The molecule has 2 aliphatic heterocycles. The van der Waals surface area contributed by atoms with E-state index in [-0.39, 0.29) is 23.3 Å². The zero-order chi connectivity index (χ0) is 27.4. The number of phenolic OH excluding ortho intramolecular Hbond substituents is 2. The first-order valence-corrected chi connectivity index (χ1v) is 13.1. The van der Waals surface area contributed by atoms with Crippen molar-refractivity contribution in [2.45, 2.75) is 52.1 Å². The predicted molar refractivity (Wildman–Crippen MR) is 147 cm³/mol. The number of aromatic nitrogens is 1. The molecule has 2 aromatic rings. The quantitative estimate of drug-likeness (QED) is 0.346. The van der Waals surface area contributed by atoms with Crippen LogP contribution in [0.25, 0.3) is 0 Å². The summed E-state index contributed by atoms with van der Waals surface area (Å²) in [6, 6.07) is 6.80. The fourth-order valence-electron chi connectivity index (χ4n) is 4.83. The Balaban J connectivity index is 1.77. The molecule has 2 aliphatic rings. The highest BCUT2D eigenvalue weighted by molar-refractivity contribution is 6.43. The fourth-order valence-corrected chi connectivity index (χ4v) is 4.83. The van der Waals surface area contributed by atoms with Crippen LogP contribution in [0.1, 0.15) is 63.2 Å². The number of hydrogen-bond acceptors (Lipinski definition) is 10. The largest absolute Gasteiger partial charge is 0.508 e. The lowest BCUT2D eigenvalue weighted by molar-refractivity contribution is -0.112. The molecule has 0 saturated carbocycles. The van der Waals surface area contributed by atoms with Crippen molar-refractivity contribution in [3.05, 3.63) is 41.6 Å². The minimum absolute atomic E-state index is 0.00496. The average Bonchev–Trinajstić information content (AvgIpc) is 3.28. The Bertz CT molecular complexity index is 1190. The molecule has 11 heteroatoms. The molecular weight excluding hydrogens is 486 g/mol. The number of nitrogens with zero attached hydrogens (tertiary/aromatic N) is 5.